The van der Waals surface area contributed by atoms with E-state index < -0.39 is 0 Å². The van der Waals surface area contributed by atoms with Gasteiger partial charge in [0.05, 0.1) is 22.7 Å². The van der Waals surface area contributed by atoms with Crippen LogP contribution in [-0.4, -0.2) is 16.2 Å². The van der Waals surface area contributed by atoms with Crippen molar-refractivity contribution < 1.29 is 4.74 Å². The number of hydrogen-bond donors (Lipinski definition) is 0. The summed E-state index contributed by atoms with van der Waals surface area (Å²) in [6, 6.07) is 30.5. The van der Waals surface area contributed by atoms with E-state index >= 15 is 0 Å². The maximum absolute atomic E-state index is 6.48. The molecule has 5 aromatic rings. The first kappa shape index (κ1) is 18.7. The number of nitrogens with zero attached hydrogens (tertiary/aromatic N) is 2. The van der Waals surface area contributed by atoms with Crippen LogP contribution in [0.15, 0.2) is 91.0 Å². The fourth-order valence-electron chi connectivity index (χ4n) is 3.88. The summed E-state index contributed by atoms with van der Waals surface area (Å²) in [6.07, 6.45) is 0.862. The molecule has 0 amide bonds. The molecule has 0 saturated carbocycles. The maximum atomic E-state index is 6.48. The van der Waals surface area contributed by atoms with Crippen molar-refractivity contribution >= 4 is 33.4 Å². The minimum Gasteiger partial charge on any atom is -0.493 e. The van der Waals surface area contributed by atoms with Crippen LogP contribution in [-0.2, 0) is 6.54 Å². The molecule has 0 bridgehead atoms. The highest BCUT2D eigenvalue weighted by Crippen LogP contribution is 2.30. The summed E-state index contributed by atoms with van der Waals surface area (Å²) < 4.78 is 8.38. The van der Waals surface area contributed by atoms with Gasteiger partial charge in [-0.25, -0.2) is 4.98 Å². The lowest BCUT2D eigenvalue weighted by Crippen LogP contribution is -2.06. The van der Waals surface area contributed by atoms with Crippen molar-refractivity contribution in [3.05, 3.63) is 96.0 Å². The van der Waals surface area contributed by atoms with Gasteiger partial charge in [0.15, 0.2) is 0 Å². The van der Waals surface area contributed by atoms with Crippen LogP contribution >= 0.6 is 11.6 Å². The molecule has 5 rings (SSSR count). The Morgan fingerprint density at radius 3 is 2.50 bits per heavy atom. The molecule has 1 aromatic heterocycles. The quantitative estimate of drug-likeness (QED) is 0.281. The molecule has 0 fully saturated rings. The number of rotatable bonds is 6. The van der Waals surface area contributed by atoms with Gasteiger partial charge >= 0.3 is 0 Å². The lowest BCUT2D eigenvalue weighted by atomic mass is 10.1. The van der Waals surface area contributed by atoms with Crippen LogP contribution in [0.5, 0.6) is 5.75 Å². The predicted octanol–water partition coefficient (Wildman–Crippen LogP) is 6.98. The zero-order chi connectivity index (χ0) is 20.3. The van der Waals surface area contributed by atoms with Gasteiger partial charge in [0.1, 0.15) is 11.6 Å². The van der Waals surface area contributed by atoms with Gasteiger partial charge in [0.2, 0.25) is 0 Å². The van der Waals surface area contributed by atoms with Gasteiger partial charge in [-0.1, -0.05) is 72.3 Å². The van der Waals surface area contributed by atoms with Crippen LogP contribution in [0.4, 0.5) is 0 Å². The molecule has 0 unspecified atom stereocenters. The summed E-state index contributed by atoms with van der Waals surface area (Å²) in [5.41, 5.74) is 3.03. The summed E-state index contributed by atoms with van der Waals surface area (Å²) in [5.74, 6) is 1.82. The second kappa shape index (κ2) is 8.21. The second-order valence-corrected chi connectivity index (χ2v) is 7.64. The molecule has 1 heterocycles. The molecule has 0 spiro atoms. The zero-order valence-electron chi connectivity index (χ0n) is 16.5. The van der Waals surface area contributed by atoms with E-state index in [-0.39, 0.29) is 0 Å². The third-order valence-electron chi connectivity index (χ3n) is 5.30. The summed E-state index contributed by atoms with van der Waals surface area (Å²) in [6.45, 7) is 1.42. The normalized spacial score (nSPS) is 11.2. The van der Waals surface area contributed by atoms with Gasteiger partial charge in [-0.05, 0) is 42.1 Å². The third-order valence-corrected chi connectivity index (χ3v) is 5.63. The smallest absolute Gasteiger partial charge is 0.142 e. The summed E-state index contributed by atoms with van der Waals surface area (Å²) >= 11 is 6.48. The number of para-hydroxylation sites is 2. The number of imidazole rings is 1. The Balaban J connectivity index is 1.39. The van der Waals surface area contributed by atoms with Crippen LogP contribution in [0.3, 0.4) is 0 Å². The van der Waals surface area contributed by atoms with Crippen LogP contribution in [0, 0.1) is 0 Å². The minimum absolute atomic E-state index is 0.627. The molecule has 0 N–H and O–H groups in total. The second-order valence-electron chi connectivity index (χ2n) is 7.23. The molecule has 0 aliphatic carbocycles. The van der Waals surface area contributed by atoms with E-state index in [4.69, 9.17) is 21.3 Å². The fourth-order valence-corrected chi connectivity index (χ4v) is 4.10. The Hall–Kier alpha value is -3.30. The maximum Gasteiger partial charge on any atom is 0.142 e. The molecule has 3 nitrogen and oxygen atoms in total. The van der Waals surface area contributed by atoms with Crippen LogP contribution in [0.1, 0.15) is 6.42 Å². The molecular formula is C26H21ClN2O. The van der Waals surface area contributed by atoms with Crippen LogP contribution in [0.25, 0.3) is 33.2 Å². The van der Waals surface area contributed by atoms with Crippen LogP contribution in [0.2, 0.25) is 5.02 Å². The molecule has 148 valence electrons. The molecule has 4 heteroatoms. The number of aryl methyl sites for hydroxylation is 1. The number of benzene rings is 4. The average molecular weight is 413 g/mol. The van der Waals surface area contributed by atoms with Crippen LogP contribution < -0.4 is 4.74 Å². The molecule has 30 heavy (non-hydrogen) atoms. The van der Waals surface area contributed by atoms with Crippen molar-refractivity contribution in [3.8, 4) is 17.1 Å². The van der Waals surface area contributed by atoms with E-state index in [1.807, 2.05) is 66.7 Å². The Morgan fingerprint density at radius 2 is 1.57 bits per heavy atom. The Bertz CT molecular complexity index is 1320. The predicted molar refractivity (Wildman–Crippen MR) is 124 cm³/mol. The molecule has 0 saturated heterocycles. The van der Waals surface area contributed by atoms with E-state index in [1.54, 1.807) is 0 Å². The lowest BCUT2D eigenvalue weighted by Gasteiger charge is -2.12. The standard InChI is InChI=1S/C26H21ClN2O/c27-22-13-4-3-12-21(22)26-28-23-14-5-6-15-24(23)29(26)17-8-18-30-25-16-7-10-19-9-1-2-11-20(19)25/h1-7,9-16H,8,17-18H2. The first-order valence-corrected chi connectivity index (χ1v) is 10.5. The van der Waals surface area contributed by atoms with Crippen molar-refractivity contribution in [2.45, 2.75) is 13.0 Å². The molecule has 0 aliphatic rings. The van der Waals surface area contributed by atoms with Gasteiger partial charge in [0, 0.05) is 17.5 Å². The first-order chi connectivity index (χ1) is 14.8. The third kappa shape index (κ3) is 3.53. The van der Waals surface area contributed by atoms with Crippen molar-refractivity contribution in [2.24, 2.45) is 0 Å². The van der Waals surface area contributed by atoms with Crippen molar-refractivity contribution in [3.63, 3.8) is 0 Å². The van der Waals surface area contributed by atoms with E-state index in [0.29, 0.717) is 11.6 Å². The zero-order valence-corrected chi connectivity index (χ0v) is 17.2. The van der Waals surface area contributed by atoms with E-state index in [9.17, 15) is 0 Å². The highest BCUT2D eigenvalue weighted by Gasteiger charge is 2.14. The average Bonchev–Trinajstić information content (AvgIpc) is 3.15. The summed E-state index contributed by atoms with van der Waals surface area (Å²) in [7, 11) is 0. The lowest BCUT2D eigenvalue weighted by molar-refractivity contribution is 0.306. The highest BCUT2D eigenvalue weighted by atomic mass is 35.5. The summed E-state index contributed by atoms with van der Waals surface area (Å²) in [4.78, 5) is 4.86. The highest BCUT2D eigenvalue weighted by molar-refractivity contribution is 6.33. The SMILES string of the molecule is Clc1ccccc1-c1nc2ccccc2n1CCCOc1cccc2ccccc12. The number of fused-ring (bicyclic) bond motifs is 2. The van der Waals surface area contributed by atoms with Gasteiger partial charge < -0.3 is 9.30 Å². The van der Waals surface area contributed by atoms with Crippen molar-refractivity contribution in [1.29, 1.82) is 0 Å². The fraction of sp³-hybridized carbons (Fsp3) is 0.115. The van der Waals surface area contributed by atoms with E-state index in [2.05, 4.69) is 28.8 Å². The molecular weight excluding hydrogens is 392 g/mol. The monoisotopic (exact) mass is 412 g/mol. The number of hydrogen-bond acceptors (Lipinski definition) is 2. The Morgan fingerprint density at radius 1 is 0.800 bits per heavy atom. The topological polar surface area (TPSA) is 27.1 Å². The van der Waals surface area contributed by atoms with E-state index in [0.717, 1.165) is 46.5 Å². The number of halogens is 1. The van der Waals surface area contributed by atoms with E-state index in [1.165, 1.54) is 5.39 Å². The van der Waals surface area contributed by atoms with Gasteiger partial charge in [-0.15, -0.1) is 0 Å². The molecule has 4 aromatic carbocycles. The number of ether oxygens (including phenoxy) is 1. The van der Waals surface area contributed by atoms with Crippen molar-refractivity contribution in [2.75, 3.05) is 6.61 Å². The number of aromatic nitrogens is 2. The first-order valence-electron chi connectivity index (χ1n) is 10.1. The Kier molecular flexibility index (Phi) is 5.12. The Labute approximate surface area is 180 Å². The van der Waals surface area contributed by atoms with Gasteiger partial charge in [-0.3, -0.25) is 0 Å². The largest absolute Gasteiger partial charge is 0.493 e. The minimum atomic E-state index is 0.627. The summed E-state index contributed by atoms with van der Waals surface area (Å²) in [5, 5.41) is 3.04. The molecule has 0 radical (unpaired) electrons. The van der Waals surface area contributed by atoms with Gasteiger partial charge in [-0.2, -0.15) is 0 Å². The molecule has 0 aliphatic heterocycles. The van der Waals surface area contributed by atoms with Crippen molar-refractivity contribution in [1.82, 2.24) is 9.55 Å². The van der Waals surface area contributed by atoms with Gasteiger partial charge in [0.25, 0.3) is 0 Å². The molecule has 0 atom stereocenters.